The molecule has 3 rings (SSSR count). The van der Waals surface area contributed by atoms with Gasteiger partial charge in [0, 0.05) is 5.38 Å². The van der Waals surface area contributed by atoms with Gasteiger partial charge in [0.15, 0.2) is 5.69 Å². The predicted molar refractivity (Wildman–Crippen MR) is 92.2 cm³/mol. The van der Waals surface area contributed by atoms with E-state index in [2.05, 4.69) is 4.98 Å². The number of thiazole rings is 1. The van der Waals surface area contributed by atoms with Crippen LogP contribution in [-0.2, 0) is 17.6 Å². The highest BCUT2D eigenvalue weighted by molar-refractivity contribution is 7.09. The van der Waals surface area contributed by atoms with E-state index < -0.39 is 17.8 Å². The van der Waals surface area contributed by atoms with Gasteiger partial charge in [0.1, 0.15) is 23.7 Å². The molecule has 0 amide bonds. The van der Waals surface area contributed by atoms with Crippen molar-refractivity contribution in [1.82, 2.24) is 4.98 Å². The number of carbonyl (C=O) groups excluding carboxylic acids is 1. The van der Waals surface area contributed by atoms with Gasteiger partial charge in [-0.25, -0.2) is 4.98 Å². The molecule has 26 heavy (non-hydrogen) atoms. The van der Waals surface area contributed by atoms with E-state index >= 15 is 0 Å². The fraction of sp³-hybridized carbons (Fsp3) is 0.158. The number of benzene rings is 2. The summed E-state index contributed by atoms with van der Waals surface area (Å²) in [6.45, 7) is 0.402. The van der Waals surface area contributed by atoms with E-state index in [1.807, 2.05) is 30.3 Å². The van der Waals surface area contributed by atoms with Crippen LogP contribution in [0.15, 0.2) is 60.0 Å². The van der Waals surface area contributed by atoms with Crippen molar-refractivity contribution in [2.45, 2.75) is 18.7 Å². The number of rotatable bonds is 6. The van der Waals surface area contributed by atoms with E-state index in [4.69, 9.17) is 4.74 Å². The zero-order valence-corrected chi connectivity index (χ0v) is 14.3. The molecular weight excluding hydrogens is 363 g/mol. The van der Waals surface area contributed by atoms with Crippen LogP contribution in [0.1, 0.15) is 27.7 Å². The van der Waals surface area contributed by atoms with E-state index in [0.717, 1.165) is 22.3 Å². The Hall–Kier alpha value is -2.67. The number of hydrogen-bond acceptors (Lipinski definition) is 4. The Morgan fingerprint density at radius 2 is 1.77 bits per heavy atom. The SMILES string of the molecule is O=CC(c1ccc(OCc2ccccc2)cc1)c1nc(C(F)(F)F)cs1. The van der Waals surface area contributed by atoms with Crippen molar-refractivity contribution in [2.75, 3.05) is 0 Å². The first kappa shape index (κ1) is 18.1. The summed E-state index contributed by atoms with van der Waals surface area (Å²) in [5, 5.41) is 1.04. The largest absolute Gasteiger partial charge is 0.489 e. The first-order chi connectivity index (χ1) is 12.5. The molecule has 1 heterocycles. The molecule has 0 saturated heterocycles. The Morgan fingerprint density at radius 3 is 2.35 bits per heavy atom. The third-order valence-corrected chi connectivity index (χ3v) is 4.63. The average molecular weight is 377 g/mol. The van der Waals surface area contributed by atoms with Gasteiger partial charge in [-0.15, -0.1) is 11.3 Å². The fourth-order valence-electron chi connectivity index (χ4n) is 2.35. The van der Waals surface area contributed by atoms with Crippen LogP contribution < -0.4 is 4.74 Å². The quantitative estimate of drug-likeness (QED) is 0.563. The van der Waals surface area contributed by atoms with Gasteiger partial charge in [-0.05, 0) is 23.3 Å². The molecule has 1 unspecified atom stereocenters. The molecule has 0 bridgehead atoms. The normalized spacial score (nSPS) is 12.6. The minimum Gasteiger partial charge on any atom is -0.489 e. The molecule has 134 valence electrons. The van der Waals surface area contributed by atoms with Crippen LogP contribution >= 0.6 is 11.3 Å². The van der Waals surface area contributed by atoms with Crippen molar-refractivity contribution in [1.29, 1.82) is 0 Å². The van der Waals surface area contributed by atoms with E-state index in [1.54, 1.807) is 24.3 Å². The number of alkyl halides is 3. The van der Waals surface area contributed by atoms with Gasteiger partial charge in [-0.2, -0.15) is 13.2 Å². The lowest BCUT2D eigenvalue weighted by molar-refractivity contribution is -0.140. The van der Waals surface area contributed by atoms with Gasteiger partial charge < -0.3 is 9.53 Å². The highest BCUT2D eigenvalue weighted by atomic mass is 32.1. The Bertz CT molecular complexity index is 860. The molecular formula is C19H14F3NO2S. The molecule has 3 nitrogen and oxygen atoms in total. The molecule has 2 aromatic carbocycles. The zero-order chi connectivity index (χ0) is 18.6. The van der Waals surface area contributed by atoms with Gasteiger partial charge in [-0.3, -0.25) is 0 Å². The summed E-state index contributed by atoms with van der Waals surface area (Å²) < 4.78 is 43.7. The summed E-state index contributed by atoms with van der Waals surface area (Å²) in [6, 6.07) is 16.3. The maximum atomic E-state index is 12.7. The van der Waals surface area contributed by atoms with Crippen LogP contribution in [0.2, 0.25) is 0 Å². The molecule has 0 radical (unpaired) electrons. The standard InChI is InChI=1S/C19H14F3NO2S/c20-19(21,22)17-12-26-18(23-17)16(10-24)14-6-8-15(9-7-14)25-11-13-4-2-1-3-5-13/h1-10,12,16H,11H2. The number of ether oxygens (including phenoxy) is 1. The molecule has 0 N–H and O–H groups in total. The Morgan fingerprint density at radius 1 is 1.08 bits per heavy atom. The average Bonchev–Trinajstić information content (AvgIpc) is 3.13. The van der Waals surface area contributed by atoms with E-state index in [1.165, 1.54) is 0 Å². The van der Waals surface area contributed by atoms with Crippen molar-refractivity contribution in [3.05, 3.63) is 81.8 Å². The number of halogens is 3. The smallest absolute Gasteiger partial charge is 0.434 e. The highest BCUT2D eigenvalue weighted by Gasteiger charge is 2.34. The monoisotopic (exact) mass is 377 g/mol. The molecule has 0 aliphatic heterocycles. The van der Waals surface area contributed by atoms with Gasteiger partial charge in [0.25, 0.3) is 0 Å². The van der Waals surface area contributed by atoms with Crippen molar-refractivity contribution in [2.24, 2.45) is 0 Å². The molecule has 0 fully saturated rings. The van der Waals surface area contributed by atoms with Crippen LogP contribution in [0.4, 0.5) is 13.2 Å². The Balaban J connectivity index is 1.71. The molecule has 1 atom stereocenters. The van der Waals surface area contributed by atoms with Crippen molar-refractivity contribution < 1.29 is 22.7 Å². The molecule has 1 aromatic heterocycles. The van der Waals surface area contributed by atoms with Crippen LogP contribution in [0.5, 0.6) is 5.75 Å². The van der Waals surface area contributed by atoms with Crippen LogP contribution in [0, 0.1) is 0 Å². The first-order valence-electron chi connectivity index (χ1n) is 7.72. The third kappa shape index (κ3) is 4.29. The van der Waals surface area contributed by atoms with Gasteiger partial charge in [-0.1, -0.05) is 42.5 Å². The lowest BCUT2D eigenvalue weighted by atomic mass is 10.0. The summed E-state index contributed by atoms with van der Waals surface area (Å²) in [5.74, 6) is -0.225. The van der Waals surface area contributed by atoms with Crippen molar-refractivity contribution >= 4 is 17.6 Å². The van der Waals surface area contributed by atoms with Gasteiger partial charge >= 0.3 is 6.18 Å². The maximum absolute atomic E-state index is 12.7. The molecule has 0 aliphatic rings. The minimum absolute atomic E-state index is 0.116. The van der Waals surface area contributed by atoms with E-state index in [0.29, 0.717) is 24.2 Å². The molecule has 0 saturated carbocycles. The number of aromatic nitrogens is 1. The van der Waals surface area contributed by atoms with Crippen LogP contribution in [-0.4, -0.2) is 11.3 Å². The second-order valence-corrected chi connectivity index (χ2v) is 6.42. The van der Waals surface area contributed by atoms with Crippen molar-refractivity contribution in [3.8, 4) is 5.75 Å². The molecule has 0 spiro atoms. The second kappa shape index (κ2) is 7.70. The summed E-state index contributed by atoms with van der Waals surface area (Å²) in [4.78, 5) is 15.0. The molecule has 3 aromatic rings. The van der Waals surface area contributed by atoms with E-state index in [9.17, 15) is 18.0 Å². The highest BCUT2D eigenvalue weighted by Crippen LogP contribution is 2.34. The Kier molecular flexibility index (Phi) is 5.37. The van der Waals surface area contributed by atoms with E-state index in [-0.39, 0.29) is 5.01 Å². The molecule has 7 heteroatoms. The fourth-order valence-corrected chi connectivity index (χ4v) is 3.26. The van der Waals surface area contributed by atoms with Gasteiger partial charge in [0.05, 0.1) is 5.92 Å². The number of aldehydes is 1. The zero-order valence-electron chi connectivity index (χ0n) is 13.4. The Labute approximate surface area is 152 Å². The van der Waals surface area contributed by atoms with Crippen molar-refractivity contribution in [3.63, 3.8) is 0 Å². The lowest BCUT2D eigenvalue weighted by Gasteiger charge is -2.10. The summed E-state index contributed by atoms with van der Waals surface area (Å²) in [6.07, 6.45) is -3.92. The van der Waals surface area contributed by atoms with Gasteiger partial charge in [0.2, 0.25) is 0 Å². The van der Waals surface area contributed by atoms with Crippen LogP contribution in [0.3, 0.4) is 0 Å². The third-order valence-electron chi connectivity index (χ3n) is 3.70. The first-order valence-corrected chi connectivity index (χ1v) is 8.60. The summed E-state index contributed by atoms with van der Waals surface area (Å²) in [5.41, 5.74) is 0.604. The minimum atomic E-state index is -4.52. The predicted octanol–water partition coefficient (Wildman–Crippen LogP) is 5.07. The topological polar surface area (TPSA) is 39.2 Å². The number of nitrogens with zero attached hydrogens (tertiary/aromatic N) is 1. The lowest BCUT2D eigenvalue weighted by Crippen LogP contribution is -2.07. The van der Waals surface area contributed by atoms with Crippen LogP contribution in [0.25, 0.3) is 0 Å². The molecule has 0 aliphatic carbocycles. The number of hydrogen-bond donors (Lipinski definition) is 0. The number of carbonyl (C=O) groups is 1. The summed E-state index contributed by atoms with van der Waals surface area (Å²) in [7, 11) is 0. The summed E-state index contributed by atoms with van der Waals surface area (Å²) >= 11 is 0.822. The second-order valence-electron chi connectivity index (χ2n) is 5.53. The maximum Gasteiger partial charge on any atom is 0.434 e.